The van der Waals surface area contributed by atoms with Gasteiger partial charge < -0.3 is 0 Å². The molecule has 0 aromatic heterocycles. The van der Waals surface area contributed by atoms with E-state index in [1.165, 1.54) is 0 Å². The first-order valence-corrected chi connectivity index (χ1v) is 8.07. The summed E-state index contributed by atoms with van der Waals surface area (Å²) in [5.74, 6) is -0.234. The van der Waals surface area contributed by atoms with Gasteiger partial charge in [0.2, 0.25) is 6.19 Å². The van der Waals surface area contributed by atoms with Crippen molar-refractivity contribution in [2.75, 3.05) is 0 Å². The third kappa shape index (κ3) is 5.45. The Balaban J connectivity index is 0.00000225. The Morgan fingerprint density at radius 1 is 0.960 bits per heavy atom. The second kappa shape index (κ2) is 9.40. The third-order valence-corrected chi connectivity index (χ3v) is 4.21. The summed E-state index contributed by atoms with van der Waals surface area (Å²) in [6.07, 6.45) is 7.55. The third-order valence-electron chi connectivity index (χ3n) is 3.30. The second-order valence-corrected chi connectivity index (χ2v) is 6.02. The van der Waals surface area contributed by atoms with E-state index in [0.29, 0.717) is 10.1 Å². The average molecular weight is 355 g/mol. The van der Waals surface area contributed by atoms with Gasteiger partial charge in [-0.2, -0.15) is 5.26 Å². The van der Waals surface area contributed by atoms with E-state index < -0.39 is 0 Å². The Morgan fingerprint density at radius 2 is 1.56 bits per heavy atom. The van der Waals surface area contributed by atoms with Crippen LogP contribution in [0.2, 0.25) is 0 Å². The van der Waals surface area contributed by atoms with Crippen molar-refractivity contribution in [2.45, 2.75) is 0 Å². The number of carbonyl (C=O) groups is 1. The number of carbonyl (C=O) groups excluding carboxylic acids is 1. The normalized spacial score (nSPS) is 16.7. The van der Waals surface area contributed by atoms with Crippen LogP contribution in [0.4, 0.5) is 0 Å². The number of rotatable bonds is 3. The molecule has 1 N–H and O–H groups in total. The number of thioether (sulfide) groups is 1. The number of amides is 1. The molecule has 1 heterocycles. The Kier molecular flexibility index (Phi) is 7.23. The van der Waals surface area contributed by atoms with Gasteiger partial charge in [0.25, 0.3) is 5.91 Å². The zero-order valence-electron chi connectivity index (χ0n) is 12.6. The molecule has 4 nitrogen and oxygen atoms in total. The summed E-state index contributed by atoms with van der Waals surface area (Å²) < 4.78 is 0. The summed E-state index contributed by atoms with van der Waals surface area (Å²) in [7, 11) is 0. The molecule has 3 rings (SSSR count). The Labute approximate surface area is 172 Å². The molecule has 0 unspecified atom stereocenters. The monoisotopic (exact) mass is 355 g/mol. The number of amidine groups is 1. The molecule has 0 atom stereocenters. The van der Waals surface area contributed by atoms with Gasteiger partial charge in [-0.1, -0.05) is 66.7 Å². The molecule has 0 aliphatic carbocycles. The molecule has 25 heavy (non-hydrogen) atoms. The topological polar surface area (TPSA) is 65.2 Å². The summed E-state index contributed by atoms with van der Waals surface area (Å²) in [6.45, 7) is 0. The van der Waals surface area contributed by atoms with Crippen LogP contribution in [0.15, 0.2) is 64.5 Å². The number of benzene rings is 2. The first-order chi connectivity index (χ1) is 11.7. The molecule has 2 aromatic carbocycles. The summed E-state index contributed by atoms with van der Waals surface area (Å²) in [6, 6.07) is 18.0. The molecule has 1 saturated heterocycles. The van der Waals surface area contributed by atoms with Crippen molar-refractivity contribution >= 4 is 70.6 Å². The van der Waals surface area contributed by atoms with E-state index in [-0.39, 0.29) is 35.5 Å². The molecule has 1 fully saturated rings. The van der Waals surface area contributed by atoms with Crippen molar-refractivity contribution in [3.8, 4) is 6.19 Å². The SMILES string of the molecule is N#CN=C1NC(=O)C(=Cc2ccc(/C=C/c3ccccc3)cc2)S1.[NaH]. The Morgan fingerprint density at radius 3 is 2.20 bits per heavy atom. The van der Waals surface area contributed by atoms with Crippen LogP contribution in [0.3, 0.4) is 0 Å². The molecule has 0 spiro atoms. The molecule has 118 valence electrons. The van der Waals surface area contributed by atoms with Gasteiger partial charge in [-0.3, -0.25) is 10.1 Å². The predicted octanol–water partition coefficient (Wildman–Crippen LogP) is 3.25. The van der Waals surface area contributed by atoms with Gasteiger partial charge in [-0.25, -0.2) is 0 Å². The second-order valence-electron chi connectivity index (χ2n) is 4.99. The van der Waals surface area contributed by atoms with Crippen molar-refractivity contribution in [2.24, 2.45) is 4.99 Å². The van der Waals surface area contributed by atoms with Crippen molar-refractivity contribution in [1.82, 2.24) is 5.32 Å². The zero-order valence-corrected chi connectivity index (χ0v) is 13.5. The minimum absolute atomic E-state index is 0. The molecule has 1 amide bonds. The maximum atomic E-state index is 11.8. The van der Waals surface area contributed by atoms with Gasteiger partial charge in [0.05, 0.1) is 4.91 Å². The summed E-state index contributed by atoms with van der Waals surface area (Å²) in [5.41, 5.74) is 3.14. The molecule has 6 heteroatoms. The molecule has 2 aromatic rings. The van der Waals surface area contributed by atoms with Gasteiger partial charge in [-0.05, 0) is 34.5 Å². The summed E-state index contributed by atoms with van der Waals surface area (Å²) in [5, 5.41) is 11.4. The molecule has 0 radical (unpaired) electrons. The standard InChI is InChI=1S/C19H13N3OS.Na.H/c20-13-21-19-22-18(23)17(24-19)12-16-10-8-15(9-11-16)7-6-14-4-2-1-3-5-14;;/h1-12H,(H,21,22,23);;/b7-6+,17-12?;;. The Bertz CT molecular complexity index is 881. The fourth-order valence-electron chi connectivity index (χ4n) is 2.14. The van der Waals surface area contributed by atoms with E-state index >= 15 is 0 Å². The number of aliphatic imine (C=N–C) groups is 1. The minimum atomic E-state index is -0.234. The van der Waals surface area contributed by atoms with Crippen LogP contribution in [-0.2, 0) is 4.79 Å². The predicted molar refractivity (Wildman–Crippen MR) is 106 cm³/mol. The van der Waals surface area contributed by atoms with Crippen molar-refractivity contribution in [3.63, 3.8) is 0 Å². The first kappa shape index (κ1) is 19.2. The number of nitriles is 1. The van der Waals surface area contributed by atoms with Crippen LogP contribution < -0.4 is 5.32 Å². The number of hydrogen-bond acceptors (Lipinski definition) is 4. The molecule has 1 aliphatic heterocycles. The molecule has 1 aliphatic rings. The van der Waals surface area contributed by atoms with Crippen LogP contribution in [0.1, 0.15) is 16.7 Å². The quantitative estimate of drug-likeness (QED) is 0.398. The van der Waals surface area contributed by atoms with Crippen LogP contribution in [0, 0.1) is 11.5 Å². The van der Waals surface area contributed by atoms with Gasteiger partial charge in [0.1, 0.15) is 0 Å². The maximum absolute atomic E-state index is 11.8. The van der Waals surface area contributed by atoms with Crippen molar-refractivity contribution in [3.05, 3.63) is 76.2 Å². The van der Waals surface area contributed by atoms with E-state index in [9.17, 15) is 4.79 Å². The summed E-state index contributed by atoms with van der Waals surface area (Å²) in [4.78, 5) is 15.8. The first-order valence-electron chi connectivity index (χ1n) is 7.25. The van der Waals surface area contributed by atoms with E-state index in [0.717, 1.165) is 28.5 Å². The van der Waals surface area contributed by atoms with Gasteiger partial charge in [-0.15, -0.1) is 4.99 Å². The van der Waals surface area contributed by atoms with Crippen LogP contribution in [-0.4, -0.2) is 40.6 Å². The average Bonchev–Trinajstić information content (AvgIpc) is 2.95. The number of nitrogens with zero attached hydrogens (tertiary/aromatic N) is 2. The van der Waals surface area contributed by atoms with Gasteiger partial charge in [0.15, 0.2) is 5.17 Å². The number of hydrogen-bond donors (Lipinski definition) is 1. The fraction of sp³-hybridized carbons (Fsp3) is 0. The molecular weight excluding hydrogens is 341 g/mol. The Hall–Kier alpha value is -2.10. The van der Waals surface area contributed by atoms with Crippen LogP contribution in [0.25, 0.3) is 18.2 Å². The van der Waals surface area contributed by atoms with Crippen molar-refractivity contribution < 1.29 is 4.79 Å². The molecular formula is C19H14N3NaOS. The van der Waals surface area contributed by atoms with Gasteiger partial charge in [0, 0.05) is 0 Å². The van der Waals surface area contributed by atoms with Crippen LogP contribution in [0.5, 0.6) is 0 Å². The number of nitrogens with one attached hydrogen (secondary N) is 1. The molecule has 0 bridgehead atoms. The fourth-order valence-corrected chi connectivity index (χ4v) is 2.91. The van der Waals surface area contributed by atoms with E-state index in [4.69, 9.17) is 5.26 Å². The van der Waals surface area contributed by atoms with E-state index in [2.05, 4.69) is 16.4 Å². The van der Waals surface area contributed by atoms with Gasteiger partial charge >= 0.3 is 29.6 Å². The van der Waals surface area contributed by atoms with E-state index in [1.54, 1.807) is 12.3 Å². The van der Waals surface area contributed by atoms with Crippen molar-refractivity contribution in [1.29, 1.82) is 5.26 Å². The zero-order chi connectivity index (χ0) is 16.8. The summed E-state index contributed by atoms with van der Waals surface area (Å²) >= 11 is 1.16. The van der Waals surface area contributed by atoms with E-state index in [1.807, 2.05) is 60.7 Å². The molecule has 0 saturated carbocycles. The van der Waals surface area contributed by atoms with Crippen LogP contribution >= 0.6 is 11.8 Å².